The molecular formula is C46H29NOS. The van der Waals surface area contributed by atoms with Crippen LogP contribution in [0.3, 0.4) is 0 Å². The molecule has 2 nitrogen and oxygen atoms in total. The van der Waals surface area contributed by atoms with Crippen molar-refractivity contribution in [2.24, 2.45) is 0 Å². The molecule has 0 saturated carbocycles. The molecule has 3 heteroatoms. The molecule has 0 spiro atoms. The summed E-state index contributed by atoms with van der Waals surface area (Å²) in [7, 11) is 0. The second-order valence-corrected chi connectivity index (χ2v) is 13.6. The molecule has 0 aliphatic rings. The van der Waals surface area contributed by atoms with E-state index in [4.69, 9.17) is 4.42 Å². The summed E-state index contributed by atoms with van der Waals surface area (Å²) in [5.74, 6) is 0. The summed E-state index contributed by atoms with van der Waals surface area (Å²) >= 11 is 1.86. The molecule has 10 rings (SSSR count). The largest absolute Gasteiger partial charge is 0.456 e. The second-order valence-electron chi connectivity index (χ2n) is 12.5. The van der Waals surface area contributed by atoms with Gasteiger partial charge in [-0.1, -0.05) is 121 Å². The maximum atomic E-state index is 6.37. The Hall–Kier alpha value is -6.16. The van der Waals surface area contributed by atoms with Gasteiger partial charge < -0.3 is 9.32 Å². The first kappa shape index (κ1) is 27.9. The number of furan rings is 1. The first-order valence-corrected chi connectivity index (χ1v) is 17.4. The lowest BCUT2D eigenvalue weighted by Crippen LogP contribution is -2.10. The zero-order valence-electron chi connectivity index (χ0n) is 26.5. The van der Waals surface area contributed by atoms with E-state index in [2.05, 4.69) is 169 Å². The van der Waals surface area contributed by atoms with E-state index in [1.54, 1.807) is 0 Å². The van der Waals surface area contributed by atoms with Gasteiger partial charge in [0.15, 0.2) is 0 Å². The molecular weight excluding hydrogens is 615 g/mol. The van der Waals surface area contributed by atoms with E-state index in [1.807, 2.05) is 23.5 Å². The molecule has 0 aliphatic carbocycles. The van der Waals surface area contributed by atoms with Crippen molar-refractivity contribution in [3.8, 4) is 22.3 Å². The highest BCUT2D eigenvalue weighted by molar-refractivity contribution is 7.25. The van der Waals surface area contributed by atoms with E-state index in [0.29, 0.717) is 0 Å². The van der Waals surface area contributed by atoms with Crippen molar-refractivity contribution < 1.29 is 4.42 Å². The average molecular weight is 644 g/mol. The number of hydrogen-bond donors (Lipinski definition) is 0. The highest BCUT2D eigenvalue weighted by Crippen LogP contribution is 2.44. The number of para-hydroxylation sites is 1. The molecule has 2 heterocycles. The van der Waals surface area contributed by atoms with Crippen LogP contribution in [0.15, 0.2) is 180 Å². The number of rotatable bonds is 5. The van der Waals surface area contributed by atoms with Crippen molar-refractivity contribution in [3.05, 3.63) is 176 Å². The van der Waals surface area contributed by atoms with Crippen molar-refractivity contribution >= 4 is 81.3 Å². The van der Waals surface area contributed by atoms with Crippen molar-refractivity contribution in [3.63, 3.8) is 0 Å². The van der Waals surface area contributed by atoms with Gasteiger partial charge >= 0.3 is 0 Å². The minimum Gasteiger partial charge on any atom is -0.456 e. The van der Waals surface area contributed by atoms with Gasteiger partial charge in [-0.3, -0.25) is 0 Å². The first-order chi connectivity index (χ1) is 24.3. The second kappa shape index (κ2) is 11.2. The first-order valence-electron chi connectivity index (χ1n) is 16.6. The summed E-state index contributed by atoms with van der Waals surface area (Å²) < 4.78 is 8.99. The monoisotopic (exact) mass is 643 g/mol. The molecule has 8 aromatic carbocycles. The molecule has 0 fully saturated rings. The van der Waals surface area contributed by atoms with Crippen LogP contribution in [-0.2, 0) is 0 Å². The number of hydrogen-bond acceptors (Lipinski definition) is 3. The van der Waals surface area contributed by atoms with Crippen LogP contribution < -0.4 is 4.90 Å². The van der Waals surface area contributed by atoms with E-state index in [0.717, 1.165) is 39.0 Å². The van der Waals surface area contributed by atoms with Crippen molar-refractivity contribution in [2.45, 2.75) is 0 Å². The van der Waals surface area contributed by atoms with Gasteiger partial charge in [-0.25, -0.2) is 0 Å². The number of fused-ring (bicyclic) bond motifs is 7. The van der Waals surface area contributed by atoms with Crippen LogP contribution in [0.2, 0.25) is 0 Å². The summed E-state index contributed by atoms with van der Waals surface area (Å²) in [6, 6.07) is 63.3. The molecule has 0 aliphatic heterocycles. The van der Waals surface area contributed by atoms with Crippen LogP contribution in [0.25, 0.3) is 75.1 Å². The Morgan fingerprint density at radius 1 is 0.408 bits per heavy atom. The molecule has 0 radical (unpaired) electrons. The van der Waals surface area contributed by atoms with Crippen molar-refractivity contribution in [2.75, 3.05) is 4.90 Å². The van der Waals surface area contributed by atoms with E-state index >= 15 is 0 Å². The SMILES string of the molecule is c1cc(-c2ccc3c(c2)sc2ccccc23)cc(N(c2ccc(-c3cccc4ccccc34)cc2)c2cccc3oc4ccccc4c23)c1. The quantitative estimate of drug-likeness (QED) is 0.186. The van der Waals surface area contributed by atoms with E-state index in [-0.39, 0.29) is 0 Å². The Morgan fingerprint density at radius 3 is 2.00 bits per heavy atom. The highest BCUT2D eigenvalue weighted by atomic mass is 32.1. The zero-order valence-corrected chi connectivity index (χ0v) is 27.3. The van der Waals surface area contributed by atoms with Gasteiger partial charge in [0.05, 0.1) is 11.1 Å². The minimum atomic E-state index is 0.877. The summed E-state index contributed by atoms with van der Waals surface area (Å²) in [5, 5.41) is 7.35. The molecule has 0 saturated heterocycles. The molecule has 0 amide bonds. The Bertz CT molecular complexity index is 2840. The van der Waals surface area contributed by atoms with Gasteiger partial charge in [0.1, 0.15) is 11.2 Å². The molecule has 10 aromatic rings. The minimum absolute atomic E-state index is 0.877. The summed E-state index contributed by atoms with van der Waals surface area (Å²) in [4.78, 5) is 2.37. The summed E-state index contributed by atoms with van der Waals surface area (Å²) in [6.45, 7) is 0. The predicted molar refractivity (Wildman–Crippen MR) is 210 cm³/mol. The standard InChI is InChI=1S/C46H29NOS/c1-2-14-36-30(10-1)11-8-17-37(36)31-22-25-34(26-23-31)47(41-18-9-20-43-46(41)40-16-3-5-19-42(40)48-43)35-13-7-12-32(28-35)33-24-27-39-38-15-4-6-21-44(38)49-45(39)29-33/h1-29H. The molecule has 0 bridgehead atoms. The smallest absolute Gasteiger partial charge is 0.137 e. The van der Waals surface area contributed by atoms with Crippen LogP contribution >= 0.6 is 11.3 Å². The Morgan fingerprint density at radius 2 is 1.08 bits per heavy atom. The van der Waals surface area contributed by atoms with Crippen LogP contribution in [-0.4, -0.2) is 0 Å². The molecule has 0 unspecified atom stereocenters. The lowest BCUT2D eigenvalue weighted by molar-refractivity contribution is 0.669. The Balaban J connectivity index is 1.15. The molecule has 230 valence electrons. The molecule has 0 N–H and O–H groups in total. The topological polar surface area (TPSA) is 16.4 Å². The van der Waals surface area contributed by atoms with Crippen LogP contribution in [0.5, 0.6) is 0 Å². The van der Waals surface area contributed by atoms with Gasteiger partial charge in [0, 0.05) is 36.9 Å². The fourth-order valence-corrected chi connectivity index (χ4v) is 8.51. The van der Waals surface area contributed by atoms with Gasteiger partial charge in [0.2, 0.25) is 0 Å². The van der Waals surface area contributed by atoms with Crippen LogP contribution in [0.1, 0.15) is 0 Å². The average Bonchev–Trinajstić information content (AvgIpc) is 3.74. The van der Waals surface area contributed by atoms with Gasteiger partial charge in [-0.05, 0) is 87.6 Å². The lowest BCUT2D eigenvalue weighted by atomic mass is 9.98. The van der Waals surface area contributed by atoms with E-state index < -0.39 is 0 Å². The maximum Gasteiger partial charge on any atom is 0.137 e. The fraction of sp³-hybridized carbons (Fsp3) is 0. The molecule has 2 aromatic heterocycles. The number of thiophene rings is 1. The Labute approximate surface area is 287 Å². The fourth-order valence-electron chi connectivity index (χ4n) is 7.37. The van der Waals surface area contributed by atoms with Gasteiger partial charge in [0.25, 0.3) is 0 Å². The molecule has 0 atom stereocenters. The van der Waals surface area contributed by atoms with Crippen LogP contribution in [0, 0.1) is 0 Å². The number of benzene rings is 8. The van der Waals surface area contributed by atoms with Crippen molar-refractivity contribution in [1.82, 2.24) is 0 Å². The molecule has 49 heavy (non-hydrogen) atoms. The zero-order chi connectivity index (χ0) is 32.3. The summed E-state index contributed by atoms with van der Waals surface area (Å²) in [5.41, 5.74) is 9.83. The van der Waals surface area contributed by atoms with E-state index in [9.17, 15) is 0 Å². The number of anilines is 3. The van der Waals surface area contributed by atoms with E-state index in [1.165, 1.54) is 53.2 Å². The third-order valence-corrected chi connectivity index (χ3v) is 10.8. The Kier molecular flexibility index (Phi) is 6.39. The third kappa shape index (κ3) is 4.62. The highest BCUT2D eigenvalue weighted by Gasteiger charge is 2.20. The van der Waals surface area contributed by atoms with Crippen LogP contribution in [0.4, 0.5) is 17.1 Å². The van der Waals surface area contributed by atoms with Crippen molar-refractivity contribution in [1.29, 1.82) is 0 Å². The predicted octanol–water partition coefficient (Wildman–Crippen LogP) is 13.9. The van der Waals surface area contributed by atoms with Gasteiger partial charge in [-0.2, -0.15) is 0 Å². The lowest BCUT2D eigenvalue weighted by Gasteiger charge is -2.27. The summed E-state index contributed by atoms with van der Waals surface area (Å²) in [6.07, 6.45) is 0. The number of nitrogens with zero attached hydrogens (tertiary/aromatic N) is 1. The maximum absolute atomic E-state index is 6.37. The normalized spacial score (nSPS) is 11.7. The third-order valence-electron chi connectivity index (χ3n) is 9.66. The van der Waals surface area contributed by atoms with Gasteiger partial charge in [-0.15, -0.1) is 11.3 Å².